The zero-order valence-corrected chi connectivity index (χ0v) is 18.8. The lowest BCUT2D eigenvalue weighted by Crippen LogP contribution is -2.39. The van der Waals surface area contributed by atoms with Gasteiger partial charge in [0.1, 0.15) is 17.5 Å². The van der Waals surface area contributed by atoms with E-state index in [1.54, 1.807) is 37.3 Å². The third-order valence-electron chi connectivity index (χ3n) is 5.86. The van der Waals surface area contributed by atoms with Crippen molar-refractivity contribution in [1.29, 1.82) is 0 Å². The van der Waals surface area contributed by atoms with Gasteiger partial charge in [0.2, 0.25) is 0 Å². The van der Waals surface area contributed by atoms with Crippen LogP contribution in [0.25, 0.3) is 21.9 Å². The lowest BCUT2D eigenvalue weighted by molar-refractivity contribution is 0.245. The van der Waals surface area contributed by atoms with Gasteiger partial charge < -0.3 is 5.32 Å². The highest BCUT2D eigenvalue weighted by Gasteiger charge is 2.22. The molecule has 2 heterocycles. The van der Waals surface area contributed by atoms with Crippen molar-refractivity contribution >= 4 is 28.3 Å². The molecule has 2 amide bonds. The number of carbonyl (C=O) groups is 1. The molecule has 176 valence electrons. The Morgan fingerprint density at radius 1 is 1.06 bits per heavy atom. The second kappa shape index (κ2) is 9.09. The summed E-state index contributed by atoms with van der Waals surface area (Å²) in [6.07, 6.45) is 0.489. The molecule has 4 aromatic rings. The molecule has 3 aromatic carbocycles. The summed E-state index contributed by atoms with van der Waals surface area (Å²) in [5, 5.41) is 13.1. The first kappa shape index (κ1) is 22.4. The van der Waals surface area contributed by atoms with Gasteiger partial charge in [0.05, 0.1) is 16.8 Å². The van der Waals surface area contributed by atoms with E-state index in [9.17, 15) is 18.4 Å². The highest BCUT2D eigenvalue weighted by Crippen LogP contribution is 2.35. The van der Waals surface area contributed by atoms with E-state index in [1.165, 1.54) is 12.1 Å². The van der Waals surface area contributed by atoms with Crippen LogP contribution in [0.1, 0.15) is 23.7 Å². The second-order valence-electron chi connectivity index (χ2n) is 8.21. The normalized spacial score (nSPS) is 12.4. The second-order valence-corrected chi connectivity index (χ2v) is 8.21. The van der Waals surface area contributed by atoms with Crippen molar-refractivity contribution in [2.45, 2.75) is 19.8 Å². The number of aromatic amines is 1. The summed E-state index contributed by atoms with van der Waals surface area (Å²) in [6.45, 7) is 2.24. The smallest absolute Gasteiger partial charge is 0.320 e. The van der Waals surface area contributed by atoms with Crippen molar-refractivity contribution in [1.82, 2.24) is 20.8 Å². The molecule has 1 aliphatic rings. The Hall–Kier alpha value is -4.40. The maximum atomic E-state index is 14.9. The molecule has 35 heavy (non-hydrogen) atoms. The molecule has 7 nitrogen and oxygen atoms in total. The average molecular weight is 473 g/mol. The number of amidine groups is 1. The molecule has 1 aromatic heterocycles. The molecule has 0 fully saturated rings. The average Bonchev–Trinajstić information content (AvgIpc) is 3.25. The Morgan fingerprint density at radius 3 is 2.66 bits per heavy atom. The predicted octanol–water partition coefficient (Wildman–Crippen LogP) is 4.36. The number of halogens is 2. The van der Waals surface area contributed by atoms with Gasteiger partial charge in [-0.05, 0) is 48.4 Å². The van der Waals surface area contributed by atoms with E-state index in [-0.39, 0.29) is 17.5 Å². The van der Waals surface area contributed by atoms with Crippen LogP contribution in [0.15, 0.2) is 64.4 Å². The number of nitrogens with zero attached hydrogens (tertiary/aromatic N) is 2. The fourth-order valence-electron chi connectivity index (χ4n) is 4.22. The van der Waals surface area contributed by atoms with Crippen molar-refractivity contribution in [3.8, 4) is 11.1 Å². The fraction of sp³-hybridized carbons (Fsp3) is 0.154. The predicted molar refractivity (Wildman–Crippen MR) is 130 cm³/mol. The zero-order valence-electron chi connectivity index (χ0n) is 18.8. The number of urea groups is 1. The van der Waals surface area contributed by atoms with Crippen LogP contribution in [0.4, 0.5) is 19.3 Å². The monoisotopic (exact) mass is 473 g/mol. The number of carbonyl (C=O) groups excluding carboxylic acids is 1. The highest BCUT2D eigenvalue weighted by atomic mass is 19.1. The van der Waals surface area contributed by atoms with Crippen LogP contribution in [-0.2, 0) is 12.8 Å². The fourth-order valence-corrected chi connectivity index (χ4v) is 4.22. The number of rotatable bonds is 4. The number of aliphatic imine (C=N–C) groups is 1. The quantitative estimate of drug-likeness (QED) is 0.411. The van der Waals surface area contributed by atoms with Crippen LogP contribution in [-0.4, -0.2) is 28.6 Å². The molecular weight excluding hydrogens is 452 g/mol. The SMILES string of the molecule is CCNC(=O)NC1=Nc2cc(-c3cc(Cc4n[nH]c(=O)c5ccccc45)ccc3F)cc(F)c2C1. The Kier molecular flexibility index (Phi) is 5.82. The number of aromatic nitrogens is 2. The van der Waals surface area contributed by atoms with Crippen LogP contribution in [0.2, 0.25) is 0 Å². The molecule has 5 rings (SSSR count). The molecule has 0 atom stereocenters. The topological polar surface area (TPSA) is 99.2 Å². The number of H-pyrrole nitrogens is 1. The minimum absolute atomic E-state index is 0.145. The van der Waals surface area contributed by atoms with Gasteiger partial charge in [-0.25, -0.2) is 23.7 Å². The Morgan fingerprint density at radius 2 is 1.86 bits per heavy atom. The molecule has 9 heteroatoms. The lowest BCUT2D eigenvalue weighted by atomic mass is 9.97. The van der Waals surface area contributed by atoms with E-state index in [1.807, 2.05) is 12.1 Å². The summed E-state index contributed by atoms with van der Waals surface area (Å²) >= 11 is 0. The maximum Gasteiger partial charge on any atom is 0.320 e. The molecule has 0 unspecified atom stereocenters. The van der Waals surface area contributed by atoms with Gasteiger partial charge in [-0.1, -0.05) is 24.3 Å². The first-order valence-corrected chi connectivity index (χ1v) is 11.1. The number of amides is 2. The van der Waals surface area contributed by atoms with Crippen molar-refractivity contribution < 1.29 is 13.6 Å². The molecule has 1 aliphatic heterocycles. The van der Waals surface area contributed by atoms with E-state index >= 15 is 0 Å². The summed E-state index contributed by atoms with van der Waals surface area (Å²) in [5.41, 5.74) is 2.36. The third kappa shape index (κ3) is 4.40. The van der Waals surface area contributed by atoms with E-state index < -0.39 is 17.7 Å². The molecule has 0 spiro atoms. The number of nitrogens with one attached hydrogen (secondary N) is 3. The first-order chi connectivity index (χ1) is 16.9. The van der Waals surface area contributed by atoms with E-state index in [0.29, 0.717) is 52.1 Å². The molecule has 0 aliphatic carbocycles. The van der Waals surface area contributed by atoms with Gasteiger partial charge in [0, 0.05) is 35.9 Å². The number of hydrogen-bond donors (Lipinski definition) is 3. The van der Waals surface area contributed by atoms with Crippen molar-refractivity contribution in [3.63, 3.8) is 0 Å². The van der Waals surface area contributed by atoms with Crippen LogP contribution in [0, 0.1) is 11.6 Å². The van der Waals surface area contributed by atoms with Crippen molar-refractivity contribution in [2.24, 2.45) is 4.99 Å². The summed E-state index contributed by atoms with van der Waals surface area (Å²) in [7, 11) is 0. The zero-order chi connectivity index (χ0) is 24.5. The summed E-state index contributed by atoms with van der Waals surface area (Å²) in [5.74, 6) is -0.700. The molecule has 3 N–H and O–H groups in total. The minimum Gasteiger partial charge on any atom is -0.338 e. The molecule has 0 bridgehead atoms. The van der Waals surface area contributed by atoms with Gasteiger partial charge in [-0.2, -0.15) is 5.10 Å². The summed E-state index contributed by atoms with van der Waals surface area (Å²) < 4.78 is 29.7. The van der Waals surface area contributed by atoms with Gasteiger partial charge in [0.25, 0.3) is 5.56 Å². The summed E-state index contributed by atoms with van der Waals surface area (Å²) in [4.78, 5) is 28.2. The van der Waals surface area contributed by atoms with Crippen LogP contribution >= 0.6 is 0 Å². The Labute approximate surface area is 198 Å². The van der Waals surface area contributed by atoms with Crippen molar-refractivity contribution in [2.75, 3.05) is 6.54 Å². The largest absolute Gasteiger partial charge is 0.338 e. The third-order valence-corrected chi connectivity index (χ3v) is 5.86. The minimum atomic E-state index is -0.521. The molecule has 0 saturated heterocycles. The number of benzene rings is 3. The lowest BCUT2D eigenvalue weighted by Gasteiger charge is -2.10. The van der Waals surface area contributed by atoms with Gasteiger partial charge in [-0.15, -0.1) is 0 Å². The van der Waals surface area contributed by atoms with Gasteiger partial charge >= 0.3 is 6.03 Å². The Balaban J connectivity index is 1.48. The van der Waals surface area contributed by atoms with E-state index in [0.717, 1.165) is 5.56 Å². The van der Waals surface area contributed by atoms with Gasteiger partial charge in [0.15, 0.2) is 0 Å². The van der Waals surface area contributed by atoms with Crippen LogP contribution in [0.3, 0.4) is 0 Å². The van der Waals surface area contributed by atoms with Crippen LogP contribution in [0.5, 0.6) is 0 Å². The number of fused-ring (bicyclic) bond motifs is 2. The standard InChI is InChI=1S/C26H21F2N5O2/c1-2-29-26(35)31-24-13-19-21(28)11-15(12-22(19)30-24)18-9-14(7-8-20(18)27)10-23-16-5-3-4-6-17(16)25(34)33-32-23/h3-9,11-12H,2,10,13H2,1H3,(H,33,34)(H2,29,30,31,35). The summed E-state index contributed by atoms with van der Waals surface area (Å²) in [6, 6.07) is 14.2. The number of hydrogen-bond acceptors (Lipinski definition) is 4. The molecular formula is C26H21F2N5O2. The maximum absolute atomic E-state index is 14.9. The van der Waals surface area contributed by atoms with E-state index in [2.05, 4.69) is 25.8 Å². The molecule has 0 radical (unpaired) electrons. The first-order valence-electron chi connectivity index (χ1n) is 11.1. The highest BCUT2D eigenvalue weighted by molar-refractivity contribution is 6.02. The van der Waals surface area contributed by atoms with E-state index in [4.69, 9.17) is 0 Å². The van der Waals surface area contributed by atoms with Crippen molar-refractivity contribution in [3.05, 3.63) is 93.4 Å². The van der Waals surface area contributed by atoms with Gasteiger partial charge in [-0.3, -0.25) is 10.1 Å². The molecule has 0 saturated carbocycles. The Bertz CT molecular complexity index is 1560. The van der Waals surface area contributed by atoms with Crippen LogP contribution < -0.4 is 16.2 Å².